The maximum Gasteiger partial charge on any atom is 0.407 e. The largest absolute Gasteiger partial charge is 0.492 e. The summed E-state index contributed by atoms with van der Waals surface area (Å²) in [5.41, 5.74) is 2.39. The average Bonchev–Trinajstić information content (AvgIpc) is 2.23. The van der Waals surface area contributed by atoms with Crippen molar-refractivity contribution in [2.45, 2.75) is 13.8 Å². The summed E-state index contributed by atoms with van der Waals surface area (Å²) in [6, 6.07) is 5.84. The van der Waals surface area contributed by atoms with Crippen molar-refractivity contribution < 1.29 is 14.6 Å². The molecule has 4 nitrogen and oxygen atoms in total. The summed E-state index contributed by atoms with van der Waals surface area (Å²) in [5, 5.41) is 8.63. The topological polar surface area (TPSA) is 49.8 Å². The Morgan fingerprint density at radius 3 is 2.62 bits per heavy atom. The summed E-state index contributed by atoms with van der Waals surface area (Å²) in [6.07, 6.45) is -0.941. The molecule has 0 radical (unpaired) electrons. The van der Waals surface area contributed by atoms with Crippen LogP contribution in [0.2, 0.25) is 0 Å². The van der Waals surface area contributed by atoms with Gasteiger partial charge in [-0.05, 0) is 37.1 Å². The number of ether oxygens (including phenoxy) is 1. The monoisotopic (exact) mass is 223 g/mol. The Kier molecular flexibility index (Phi) is 4.17. The molecule has 4 heteroatoms. The van der Waals surface area contributed by atoms with Crippen LogP contribution < -0.4 is 4.74 Å². The van der Waals surface area contributed by atoms with E-state index in [1.165, 1.54) is 23.1 Å². The molecule has 0 fully saturated rings. The number of nitrogens with zero attached hydrogens (tertiary/aromatic N) is 1. The normalized spacial score (nSPS) is 9.94. The third-order valence-electron chi connectivity index (χ3n) is 2.50. The summed E-state index contributed by atoms with van der Waals surface area (Å²) >= 11 is 0. The Morgan fingerprint density at radius 2 is 2.06 bits per heavy atom. The van der Waals surface area contributed by atoms with Crippen molar-refractivity contribution in [3.8, 4) is 5.75 Å². The Balaban J connectivity index is 2.43. The second-order valence-corrected chi connectivity index (χ2v) is 3.80. The molecule has 0 aliphatic heterocycles. The SMILES string of the molecule is Cc1ccc(OCCN(C)C(=O)O)cc1C. The molecule has 1 aromatic rings. The van der Waals surface area contributed by atoms with Gasteiger partial charge in [-0.25, -0.2) is 4.79 Å². The minimum absolute atomic E-state index is 0.363. The van der Waals surface area contributed by atoms with E-state index in [1.54, 1.807) is 0 Å². The van der Waals surface area contributed by atoms with Gasteiger partial charge < -0.3 is 14.7 Å². The van der Waals surface area contributed by atoms with Crippen molar-refractivity contribution in [2.75, 3.05) is 20.2 Å². The summed E-state index contributed by atoms with van der Waals surface area (Å²) in [4.78, 5) is 11.7. The van der Waals surface area contributed by atoms with Gasteiger partial charge >= 0.3 is 6.09 Å². The summed E-state index contributed by atoms with van der Waals surface area (Å²) in [5.74, 6) is 0.780. The van der Waals surface area contributed by atoms with Gasteiger partial charge in [0.15, 0.2) is 0 Å². The standard InChI is InChI=1S/C12H17NO3/c1-9-4-5-11(8-10(9)2)16-7-6-13(3)12(14)15/h4-5,8H,6-7H2,1-3H3,(H,14,15). The van der Waals surface area contributed by atoms with Gasteiger partial charge in [-0.15, -0.1) is 0 Å². The van der Waals surface area contributed by atoms with E-state index in [9.17, 15) is 4.79 Å². The predicted octanol–water partition coefficient (Wildman–Crippen LogP) is 2.29. The molecule has 1 rings (SSSR count). The van der Waals surface area contributed by atoms with Crippen LogP contribution in [0.4, 0.5) is 4.79 Å². The lowest BCUT2D eigenvalue weighted by molar-refractivity contribution is 0.147. The third kappa shape index (κ3) is 3.46. The van der Waals surface area contributed by atoms with Gasteiger partial charge in [0.25, 0.3) is 0 Å². The van der Waals surface area contributed by atoms with E-state index in [2.05, 4.69) is 0 Å². The number of hydrogen-bond acceptors (Lipinski definition) is 2. The highest BCUT2D eigenvalue weighted by Gasteiger charge is 2.04. The van der Waals surface area contributed by atoms with Gasteiger partial charge in [-0.3, -0.25) is 0 Å². The first-order chi connectivity index (χ1) is 7.50. The number of rotatable bonds is 4. The van der Waals surface area contributed by atoms with Crippen molar-refractivity contribution in [1.82, 2.24) is 4.90 Å². The summed E-state index contributed by atoms with van der Waals surface area (Å²) in [7, 11) is 1.52. The van der Waals surface area contributed by atoms with Gasteiger partial charge in [0, 0.05) is 7.05 Å². The second-order valence-electron chi connectivity index (χ2n) is 3.80. The smallest absolute Gasteiger partial charge is 0.407 e. The zero-order valence-electron chi connectivity index (χ0n) is 9.86. The molecule has 1 N–H and O–H groups in total. The Bertz CT molecular complexity index is 377. The highest BCUT2D eigenvalue weighted by atomic mass is 16.5. The fourth-order valence-corrected chi connectivity index (χ4v) is 1.20. The van der Waals surface area contributed by atoms with Crippen molar-refractivity contribution >= 4 is 6.09 Å². The molecule has 16 heavy (non-hydrogen) atoms. The lowest BCUT2D eigenvalue weighted by Crippen LogP contribution is -2.29. The van der Waals surface area contributed by atoms with E-state index in [0.29, 0.717) is 13.2 Å². The van der Waals surface area contributed by atoms with E-state index in [1.807, 2.05) is 32.0 Å². The van der Waals surface area contributed by atoms with Crippen LogP contribution in [-0.2, 0) is 0 Å². The molecule has 0 heterocycles. The molecule has 1 amide bonds. The van der Waals surface area contributed by atoms with Crippen molar-refractivity contribution in [3.05, 3.63) is 29.3 Å². The van der Waals surface area contributed by atoms with E-state index < -0.39 is 6.09 Å². The first kappa shape index (κ1) is 12.4. The van der Waals surface area contributed by atoms with E-state index in [0.717, 1.165) is 5.75 Å². The Morgan fingerprint density at radius 1 is 1.38 bits per heavy atom. The van der Waals surface area contributed by atoms with Crippen LogP contribution in [0.3, 0.4) is 0 Å². The molecule has 0 aliphatic rings. The number of carbonyl (C=O) groups is 1. The number of aryl methyl sites for hydroxylation is 2. The molecule has 0 saturated carbocycles. The van der Waals surface area contributed by atoms with Crippen LogP contribution in [0.5, 0.6) is 5.75 Å². The first-order valence-corrected chi connectivity index (χ1v) is 5.15. The number of benzene rings is 1. The highest BCUT2D eigenvalue weighted by molar-refractivity contribution is 5.64. The zero-order valence-corrected chi connectivity index (χ0v) is 9.86. The fourth-order valence-electron chi connectivity index (χ4n) is 1.20. The molecular formula is C12H17NO3. The van der Waals surface area contributed by atoms with Gasteiger partial charge in [0.1, 0.15) is 12.4 Å². The summed E-state index contributed by atoms with van der Waals surface area (Å²) < 4.78 is 5.46. The fraction of sp³-hybridized carbons (Fsp3) is 0.417. The minimum atomic E-state index is -0.941. The third-order valence-corrected chi connectivity index (χ3v) is 2.50. The van der Waals surface area contributed by atoms with Crippen LogP contribution in [-0.4, -0.2) is 36.3 Å². The predicted molar refractivity (Wildman–Crippen MR) is 62.1 cm³/mol. The number of likely N-dealkylation sites (N-methyl/N-ethyl adjacent to an activating group) is 1. The molecule has 0 unspecified atom stereocenters. The number of amides is 1. The maximum absolute atomic E-state index is 10.5. The highest BCUT2D eigenvalue weighted by Crippen LogP contribution is 2.16. The maximum atomic E-state index is 10.5. The first-order valence-electron chi connectivity index (χ1n) is 5.15. The number of hydrogen-bond donors (Lipinski definition) is 1. The van der Waals surface area contributed by atoms with E-state index in [-0.39, 0.29) is 0 Å². The van der Waals surface area contributed by atoms with Gasteiger partial charge in [-0.1, -0.05) is 6.07 Å². The number of carboxylic acid groups (broad SMARTS) is 1. The molecule has 0 bridgehead atoms. The van der Waals surface area contributed by atoms with Crippen LogP contribution >= 0.6 is 0 Å². The van der Waals surface area contributed by atoms with Crippen molar-refractivity contribution in [2.24, 2.45) is 0 Å². The van der Waals surface area contributed by atoms with Gasteiger partial charge in [0.2, 0.25) is 0 Å². The Hall–Kier alpha value is -1.71. The lowest BCUT2D eigenvalue weighted by Gasteiger charge is -2.13. The van der Waals surface area contributed by atoms with E-state index >= 15 is 0 Å². The average molecular weight is 223 g/mol. The van der Waals surface area contributed by atoms with Crippen LogP contribution in [0.15, 0.2) is 18.2 Å². The van der Waals surface area contributed by atoms with E-state index in [4.69, 9.17) is 9.84 Å². The van der Waals surface area contributed by atoms with Crippen molar-refractivity contribution in [1.29, 1.82) is 0 Å². The molecule has 1 aromatic carbocycles. The minimum Gasteiger partial charge on any atom is -0.492 e. The quantitative estimate of drug-likeness (QED) is 0.852. The lowest BCUT2D eigenvalue weighted by atomic mass is 10.1. The van der Waals surface area contributed by atoms with Gasteiger partial charge in [-0.2, -0.15) is 0 Å². The molecule has 0 saturated heterocycles. The zero-order chi connectivity index (χ0) is 12.1. The summed E-state index contributed by atoms with van der Waals surface area (Å²) in [6.45, 7) is 4.79. The van der Waals surface area contributed by atoms with Crippen LogP contribution in [0, 0.1) is 13.8 Å². The van der Waals surface area contributed by atoms with Gasteiger partial charge in [0.05, 0.1) is 6.54 Å². The molecule has 0 atom stereocenters. The Labute approximate surface area is 95.5 Å². The molecule has 0 aliphatic carbocycles. The molecule has 0 spiro atoms. The second kappa shape index (κ2) is 5.39. The van der Waals surface area contributed by atoms with Crippen molar-refractivity contribution in [3.63, 3.8) is 0 Å². The molecule has 0 aromatic heterocycles. The van der Waals surface area contributed by atoms with Crippen LogP contribution in [0.25, 0.3) is 0 Å². The molecular weight excluding hydrogens is 206 g/mol. The van der Waals surface area contributed by atoms with Crippen LogP contribution in [0.1, 0.15) is 11.1 Å². The molecule has 88 valence electrons.